The number of hydrogen-bond donors (Lipinski definition) is 0. The summed E-state index contributed by atoms with van der Waals surface area (Å²) in [7, 11) is 0. The molecule has 0 heteroatoms. The van der Waals surface area contributed by atoms with Crippen molar-refractivity contribution in [3.63, 3.8) is 0 Å². The van der Waals surface area contributed by atoms with Crippen LogP contribution >= 0.6 is 0 Å². The van der Waals surface area contributed by atoms with Gasteiger partial charge in [0.1, 0.15) is 0 Å². The van der Waals surface area contributed by atoms with Crippen LogP contribution in [-0.2, 0) is 0 Å². The zero-order chi connectivity index (χ0) is 14.5. The molecule has 0 aliphatic rings. The van der Waals surface area contributed by atoms with Crippen molar-refractivity contribution in [3.05, 3.63) is 0 Å². The van der Waals surface area contributed by atoms with Gasteiger partial charge in [0, 0.05) is 0 Å². The van der Waals surface area contributed by atoms with Gasteiger partial charge in [-0.15, -0.1) is 0 Å². The van der Waals surface area contributed by atoms with E-state index in [1.807, 2.05) is 0 Å². The highest BCUT2D eigenvalue weighted by atomic mass is 14.3. The van der Waals surface area contributed by atoms with Crippen molar-refractivity contribution in [2.75, 3.05) is 0 Å². The van der Waals surface area contributed by atoms with Crippen molar-refractivity contribution >= 4 is 0 Å². The van der Waals surface area contributed by atoms with Crippen molar-refractivity contribution in [2.45, 2.75) is 75.2 Å². The number of rotatable bonds is 8. The average Bonchev–Trinajstić information content (AvgIpc) is 2.34. The van der Waals surface area contributed by atoms with Gasteiger partial charge in [-0.2, -0.15) is 0 Å². The fourth-order valence-corrected chi connectivity index (χ4v) is 3.08. The highest BCUT2D eigenvalue weighted by molar-refractivity contribution is 4.75. The van der Waals surface area contributed by atoms with E-state index in [1.54, 1.807) is 0 Å². The van der Waals surface area contributed by atoms with Crippen LogP contribution in [-0.4, -0.2) is 0 Å². The Bertz CT molecular complexity index is 206. The first-order valence-electron chi connectivity index (χ1n) is 8.22. The van der Waals surface area contributed by atoms with Crippen LogP contribution in [0.4, 0.5) is 0 Å². The lowest BCUT2D eigenvalue weighted by atomic mass is 9.72. The molecular weight excluding hydrogens is 216 g/mol. The Balaban J connectivity index is 4.35. The molecular formula is C18H38. The van der Waals surface area contributed by atoms with Crippen molar-refractivity contribution < 1.29 is 0 Å². The molecule has 0 bridgehead atoms. The zero-order valence-electron chi connectivity index (χ0n) is 14.5. The van der Waals surface area contributed by atoms with Crippen LogP contribution in [0.3, 0.4) is 0 Å². The van der Waals surface area contributed by atoms with Gasteiger partial charge >= 0.3 is 0 Å². The van der Waals surface area contributed by atoms with E-state index in [2.05, 4.69) is 62.3 Å². The van der Waals surface area contributed by atoms with Gasteiger partial charge in [0.05, 0.1) is 0 Å². The lowest BCUT2D eigenvalue weighted by Gasteiger charge is -2.33. The summed E-state index contributed by atoms with van der Waals surface area (Å²) in [6.45, 7) is 21.7. The maximum absolute atomic E-state index is 2.47. The lowest BCUT2D eigenvalue weighted by Crippen LogP contribution is -2.25. The molecule has 0 aliphatic heterocycles. The standard InChI is InChI=1S/C18H38/c1-10-13(4)17(8)18(9)15(6)11-14(5)16(7)12(2)3/h12-18H,10-11H2,1-9H3. The maximum atomic E-state index is 2.47. The van der Waals surface area contributed by atoms with Crippen LogP contribution in [0.2, 0.25) is 0 Å². The Labute approximate surface area is 117 Å². The summed E-state index contributed by atoms with van der Waals surface area (Å²) in [4.78, 5) is 0. The molecule has 0 nitrogen and oxygen atoms in total. The third-order valence-corrected chi connectivity index (χ3v) is 5.96. The summed E-state index contributed by atoms with van der Waals surface area (Å²) in [5.74, 6) is 5.93. The van der Waals surface area contributed by atoms with E-state index >= 15 is 0 Å². The molecule has 0 spiro atoms. The van der Waals surface area contributed by atoms with Crippen LogP contribution in [0, 0.1) is 41.4 Å². The van der Waals surface area contributed by atoms with Gasteiger partial charge in [0.2, 0.25) is 0 Å². The van der Waals surface area contributed by atoms with Crippen LogP contribution in [0.5, 0.6) is 0 Å². The SMILES string of the molecule is CCC(C)C(C)C(C)C(C)CC(C)C(C)C(C)C. The first kappa shape index (κ1) is 18.0. The second-order valence-electron chi connectivity index (χ2n) is 7.40. The second-order valence-corrected chi connectivity index (χ2v) is 7.40. The van der Waals surface area contributed by atoms with E-state index in [1.165, 1.54) is 12.8 Å². The van der Waals surface area contributed by atoms with Crippen molar-refractivity contribution in [1.82, 2.24) is 0 Å². The Morgan fingerprint density at radius 3 is 1.33 bits per heavy atom. The molecule has 0 aliphatic carbocycles. The van der Waals surface area contributed by atoms with Gasteiger partial charge < -0.3 is 0 Å². The summed E-state index contributed by atoms with van der Waals surface area (Å²) >= 11 is 0. The molecule has 0 radical (unpaired) electrons. The van der Waals surface area contributed by atoms with E-state index < -0.39 is 0 Å². The molecule has 0 aromatic rings. The summed E-state index contributed by atoms with van der Waals surface area (Å²) in [6, 6.07) is 0. The molecule has 0 N–H and O–H groups in total. The van der Waals surface area contributed by atoms with Crippen molar-refractivity contribution in [3.8, 4) is 0 Å². The Kier molecular flexibility index (Phi) is 8.23. The second kappa shape index (κ2) is 8.23. The number of hydrogen-bond acceptors (Lipinski definition) is 0. The van der Waals surface area contributed by atoms with Gasteiger partial charge in [-0.25, -0.2) is 0 Å². The molecule has 0 heterocycles. The summed E-state index contributed by atoms with van der Waals surface area (Å²) in [5, 5.41) is 0. The minimum absolute atomic E-state index is 0.814. The quantitative estimate of drug-likeness (QED) is 0.479. The molecule has 18 heavy (non-hydrogen) atoms. The largest absolute Gasteiger partial charge is 0.0651 e. The summed E-state index contributed by atoms with van der Waals surface area (Å²) < 4.78 is 0. The highest BCUT2D eigenvalue weighted by Crippen LogP contribution is 2.34. The summed E-state index contributed by atoms with van der Waals surface area (Å²) in [6.07, 6.45) is 2.71. The maximum Gasteiger partial charge on any atom is -0.0389 e. The predicted molar refractivity (Wildman–Crippen MR) is 84.7 cm³/mol. The van der Waals surface area contributed by atoms with Gasteiger partial charge in [-0.3, -0.25) is 0 Å². The normalized spacial score (nSPS) is 22.3. The Morgan fingerprint density at radius 1 is 0.556 bits per heavy atom. The molecule has 6 atom stereocenters. The molecule has 0 saturated heterocycles. The minimum atomic E-state index is 0.814. The van der Waals surface area contributed by atoms with E-state index in [9.17, 15) is 0 Å². The van der Waals surface area contributed by atoms with Gasteiger partial charge in [0.15, 0.2) is 0 Å². The van der Waals surface area contributed by atoms with Gasteiger partial charge in [-0.1, -0.05) is 68.7 Å². The average molecular weight is 255 g/mol. The molecule has 0 aromatic heterocycles. The van der Waals surface area contributed by atoms with Gasteiger partial charge in [-0.05, 0) is 47.8 Å². The Morgan fingerprint density at radius 2 is 0.944 bits per heavy atom. The minimum Gasteiger partial charge on any atom is -0.0651 e. The highest BCUT2D eigenvalue weighted by Gasteiger charge is 2.26. The molecule has 6 unspecified atom stereocenters. The molecule has 0 fully saturated rings. The van der Waals surface area contributed by atoms with Crippen molar-refractivity contribution in [1.29, 1.82) is 0 Å². The van der Waals surface area contributed by atoms with Crippen LogP contribution < -0.4 is 0 Å². The Hall–Kier alpha value is 0. The first-order chi connectivity index (χ1) is 8.22. The van der Waals surface area contributed by atoms with Gasteiger partial charge in [0.25, 0.3) is 0 Å². The van der Waals surface area contributed by atoms with E-state index in [0.717, 1.165) is 41.4 Å². The topological polar surface area (TPSA) is 0 Å². The van der Waals surface area contributed by atoms with E-state index in [0.29, 0.717) is 0 Å². The third kappa shape index (κ3) is 5.33. The monoisotopic (exact) mass is 254 g/mol. The fraction of sp³-hybridized carbons (Fsp3) is 1.00. The molecule has 0 amide bonds. The van der Waals surface area contributed by atoms with Crippen molar-refractivity contribution in [2.24, 2.45) is 41.4 Å². The molecule has 110 valence electrons. The summed E-state index contributed by atoms with van der Waals surface area (Å²) in [5.41, 5.74) is 0. The smallest absolute Gasteiger partial charge is 0.0389 e. The van der Waals surface area contributed by atoms with Crippen LogP contribution in [0.1, 0.15) is 75.2 Å². The van der Waals surface area contributed by atoms with E-state index in [4.69, 9.17) is 0 Å². The first-order valence-corrected chi connectivity index (χ1v) is 8.22. The van der Waals surface area contributed by atoms with Crippen LogP contribution in [0.25, 0.3) is 0 Å². The fourth-order valence-electron chi connectivity index (χ4n) is 3.08. The molecule has 0 rings (SSSR count). The third-order valence-electron chi connectivity index (χ3n) is 5.96. The van der Waals surface area contributed by atoms with E-state index in [-0.39, 0.29) is 0 Å². The lowest BCUT2D eigenvalue weighted by molar-refractivity contribution is 0.163. The zero-order valence-corrected chi connectivity index (χ0v) is 14.5. The predicted octanol–water partition coefficient (Wildman–Crippen LogP) is 6.26. The molecule has 0 aromatic carbocycles. The van der Waals surface area contributed by atoms with Crippen LogP contribution in [0.15, 0.2) is 0 Å². The molecule has 0 saturated carbocycles.